The summed E-state index contributed by atoms with van der Waals surface area (Å²) in [6.45, 7) is 6.31. The van der Waals surface area contributed by atoms with E-state index in [4.69, 9.17) is 0 Å². The van der Waals surface area contributed by atoms with Crippen molar-refractivity contribution in [2.75, 3.05) is 26.2 Å². The zero-order chi connectivity index (χ0) is 13.1. The van der Waals surface area contributed by atoms with E-state index >= 15 is 0 Å². The van der Waals surface area contributed by atoms with Crippen molar-refractivity contribution in [1.29, 1.82) is 0 Å². The van der Waals surface area contributed by atoms with Crippen LogP contribution in [0, 0.1) is 13.8 Å². The first-order valence-corrected chi connectivity index (χ1v) is 6.09. The largest absolute Gasteiger partial charge is 0.342 e. The molecule has 0 unspecified atom stereocenters. The average Bonchev–Trinajstić information content (AvgIpc) is 2.70. The van der Waals surface area contributed by atoms with Crippen LogP contribution in [0.2, 0.25) is 0 Å². The maximum Gasteiger partial charge on any atom is 0.227 e. The topological polar surface area (TPSA) is 69.3 Å². The van der Waals surface area contributed by atoms with E-state index in [0.717, 1.165) is 23.4 Å². The van der Waals surface area contributed by atoms with Gasteiger partial charge in [0.05, 0.1) is 12.1 Å². The summed E-state index contributed by atoms with van der Waals surface area (Å²) in [4.78, 5) is 26.2. The average molecular weight is 250 g/mol. The van der Waals surface area contributed by atoms with Crippen molar-refractivity contribution in [1.82, 2.24) is 20.0 Å². The summed E-state index contributed by atoms with van der Waals surface area (Å²) >= 11 is 0. The molecule has 0 saturated carbocycles. The van der Waals surface area contributed by atoms with Crippen molar-refractivity contribution in [3.8, 4) is 0 Å². The molecule has 1 aliphatic heterocycles. The second kappa shape index (κ2) is 5.20. The summed E-state index contributed by atoms with van der Waals surface area (Å²) in [5, 5.41) is 6.98. The van der Waals surface area contributed by atoms with Crippen molar-refractivity contribution in [2.45, 2.75) is 20.3 Å². The van der Waals surface area contributed by atoms with Crippen LogP contribution >= 0.6 is 0 Å². The number of aromatic nitrogens is 2. The first-order valence-electron chi connectivity index (χ1n) is 6.09. The molecule has 18 heavy (non-hydrogen) atoms. The maximum absolute atomic E-state index is 12.1. The van der Waals surface area contributed by atoms with Crippen molar-refractivity contribution in [2.24, 2.45) is 0 Å². The Morgan fingerprint density at radius 2 is 2.00 bits per heavy atom. The summed E-state index contributed by atoms with van der Waals surface area (Å²) < 4.78 is 0. The van der Waals surface area contributed by atoms with E-state index in [2.05, 4.69) is 10.2 Å². The lowest BCUT2D eigenvalue weighted by molar-refractivity contribution is -0.134. The minimum absolute atomic E-state index is 0.105. The Morgan fingerprint density at radius 3 is 2.50 bits per heavy atom. The van der Waals surface area contributed by atoms with Crippen LogP contribution in [-0.4, -0.2) is 58.5 Å². The summed E-state index contributed by atoms with van der Waals surface area (Å²) in [6.07, 6.45) is 1.22. The molecule has 1 aromatic rings. The fourth-order valence-corrected chi connectivity index (χ4v) is 2.17. The lowest BCUT2D eigenvalue weighted by atomic mass is 10.1. The second-order valence-corrected chi connectivity index (χ2v) is 4.61. The maximum atomic E-state index is 12.1. The van der Waals surface area contributed by atoms with Crippen LogP contribution in [0.25, 0.3) is 0 Å². The molecule has 6 nitrogen and oxygen atoms in total. The third-order valence-corrected chi connectivity index (χ3v) is 3.42. The minimum Gasteiger partial charge on any atom is -0.342 e. The van der Waals surface area contributed by atoms with Gasteiger partial charge in [0.1, 0.15) is 0 Å². The number of aromatic amines is 1. The van der Waals surface area contributed by atoms with Gasteiger partial charge in [0.15, 0.2) is 0 Å². The molecule has 0 bridgehead atoms. The lowest BCUT2D eigenvalue weighted by Crippen LogP contribution is -2.48. The predicted molar refractivity (Wildman–Crippen MR) is 66.0 cm³/mol. The van der Waals surface area contributed by atoms with Crippen LogP contribution in [0.1, 0.15) is 17.0 Å². The quantitative estimate of drug-likeness (QED) is 0.760. The molecule has 2 amide bonds. The summed E-state index contributed by atoms with van der Waals surface area (Å²) in [6, 6.07) is 0. The molecule has 1 saturated heterocycles. The molecular formula is C12H18N4O2. The van der Waals surface area contributed by atoms with Gasteiger partial charge in [-0.25, -0.2) is 0 Å². The van der Waals surface area contributed by atoms with Crippen LogP contribution in [-0.2, 0) is 16.0 Å². The number of hydrogen-bond acceptors (Lipinski definition) is 3. The Balaban J connectivity index is 1.95. The Kier molecular flexibility index (Phi) is 3.64. The summed E-state index contributed by atoms with van der Waals surface area (Å²) in [5.41, 5.74) is 2.82. The highest BCUT2D eigenvalue weighted by molar-refractivity contribution is 5.79. The highest BCUT2D eigenvalue weighted by atomic mass is 16.2. The van der Waals surface area contributed by atoms with Crippen LogP contribution in [0.15, 0.2) is 0 Å². The molecule has 2 rings (SSSR count). The number of carbonyl (C=O) groups excluding carboxylic acids is 2. The first kappa shape index (κ1) is 12.6. The predicted octanol–water partition coefficient (Wildman–Crippen LogP) is -0.130. The fraction of sp³-hybridized carbons (Fsp3) is 0.583. The normalized spacial score (nSPS) is 15.9. The van der Waals surface area contributed by atoms with Crippen molar-refractivity contribution in [3.63, 3.8) is 0 Å². The van der Waals surface area contributed by atoms with Crippen LogP contribution in [0.4, 0.5) is 0 Å². The number of nitrogens with zero attached hydrogens (tertiary/aromatic N) is 3. The van der Waals surface area contributed by atoms with Gasteiger partial charge < -0.3 is 9.80 Å². The number of hydrogen-bond donors (Lipinski definition) is 1. The molecule has 1 fully saturated rings. The van der Waals surface area contributed by atoms with Gasteiger partial charge in [-0.3, -0.25) is 14.7 Å². The molecular weight excluding hydrogens is 232 g/mol. The van der Waals surface area contributed by atoms with E-state index in [0.29, 0.717) is 32.6 Å². The monoisotopic (exact) mass is 250 g/mol. The van der Waals surface area contributed by atoms with Gasteiger partial charge in [0.2, 0.25) is 12.3 Å². The molecule has 0 spiro atoms. The Morgan fingerprint density at radius 1 is 1.33 bits per heavy atom. The van der Waals surface area contributed by atoms with Gasteiger partial charge in [0.25, 0.3) is 0 Å². The Hall–Kier alpha value is -1.85. The Labute approximate surface area is 106 Å². The molecule has 0 radical (unpaired) electrons. The third-order valence-electron chi connectivity index (χ3n) is 3.42. The number of rotatable bonds is 3. The molecule has 2 heterocycles. The highest BCUT2D eigenvalue weighted by Crippen LogP contribution is 2.12. The molecule has 98 valence electrons. The highest BCUT2D eigenvalue weighted by Gasteiger charge is 2.21. The summed E-state index contributed by atoms with van der Waals surface area (Å²) in [5.74, 6) is 0.105. The van der Waals surface area contributed by atoms with Crippen molar-refractivity contribution < 1.29 is 9.59 Å². The van der Waals surface area contributed by atoms with Crippen LogP contribution in [0.5, 0.6) is 0 Å². The van der Waals surface area contributed by atoms with Gasteiger partial charge in [0, 0.05) is 37.4 Å². The lowest BCUT2D eigenvalue weighted by Gasteiger charge is -2.32. The van der Waals surface area contributed by atoms with E-state index in [-0.39, 0.29) is 5.91 Å². The van der Waals surface area contributed by atoms with E-state index in [1.165, 1.54) is 0 Å². The zero-order valence-electron chi connectivity index (χ0n) is 10.8. The molecule has 0 aromatic carbocycles. The molecule has 0 atom stereocenters. The number of amides is 2. The molecule has 6 heteroatoms. The van der Waals surface area contributed by atoms with Gasteiger partial charge in [-0.05, 0) is 13.8 Å². The van der Waals surface area contributed by atoms with Crippen molar-refractivity contribution >= 4 is 12.3 Å². The third kappa shape index (κ3) is 2.52. The standard InChI is InChI=1S/C12H18N4O2/c1-9-11(10(2)14-13-9)7-12(18)16-5-3-15(8-17)4-6-16/h8H,3-7H2,1-2H3,(H,13,14). The number of nitrogens with one attached hydrogen (secondary N) is 1. The molecule has 1 aromatic heterocycles. The van der Waals surface area contributed by atoms with Gasteiger partial charge >= 0.3 is 0 Å². The van der Waals surface area contributed by atoms with Crippen LogP contribution in [0.3, 0.4) is 0 Å². The molecule has 1 N–H and O–H groups in total. The Bertz CT molecular complexity index is 427. The van der Waals surface area contributed by atoms with Crippen molar-refractivity contribution in [3.05, 3.63) is 17.0 Å². The summed E-state index contributed by atoms with van der Waals surface area (Å²) in [7, 11) is 0. The molecule has 0 aliphatic carbocycles. The minimum atomic E-state index is 0.105. The first-order chi connectivity index (χ1) is 8.61. The van der Waals surface area contributed by atoms with E-state index in [9.17, 15) is 9.59 Å². The second-order valence-electron chi connectivity index (χ2n) is 4.61. The number of aryl methyl sites for hydroxylation is 2. The fourth-order valence-electron chi connectivity index (χ4n) is 2.17. The van der Waals surface area contributed by atoms with E-state index in [1.54, 1.807) is 4.90 Å². The number of H-pyrrole nitrogens is 1. The number of carbonyl (C=O) groups is 2. The van der Waals surface area contributed by atoms with Crippen LogP contribution < -0.4 is 0 Å². The smallest absolute Gasteiger partial charge is 0.227 e. The van der Waals surface area contributed by atoms with Gasteiger partial charge in [-0.1, -0.05) is 0 Å². The van der Waals surface area contributed by atoms with E-state index < -0.39 is 0 Å². The molecule has 1 aliphatic rings. The van der Waals surface area contributed by atoms with E-state index in [1.807, 2.05) is 18.7 Å². The van der Waals surface area contributed by atoms with Gasteiger partial charge in [-0.15, -0.1) is 0 Å². The zero-order valence-corrected chi connectivity index (χ0v) is 10.8. The van der Waals surface area contributed by atoms with Gasteiger partial charge in [-0.2, -0.15) is 5.10 Å². The number of piperazine rings is 1. The SMILES string of the molecule is Cc1n[nH]c(C)c1CC(=O)N1CCN(C=O)CC1.